The number of nitrogens with zero attached hydrogens (tertiary/aromatic N) is 2. The van der Waals surface area contributed by atoms with E-state index in [4.69, 9.17) is 21.3 Å². The smallest absolute Gasteiger partial charge is 0.133 e. The number of aromatic nitrogens is 1. The molecule has 0 spiro atoms. The highest BCUT2D eigenvalue weighted by Gasteiger charge is 2.19. The minimum absolute atomic E-state index is 0. The van der Waals surface area contributed by atoms with Gasteiger partial charge in [0.05, 0.1) is 17.1 Å². The summed E-state index contributed by atoms with van der Waals surface area (Å²) >= 11 is 6.39. The summed E-state index contributed by atoms with van der Waals surface area (Å²) in [7, 11) is 4.18. The van der Waals surface area contributed by atoms with E-state index in [-0.39, 0.29) is 24.8 Å². The molecule has 6 heteroatoms. The van der Waals surface area contributed by atoms with Crippen molar-refractivity contribution in [3.8, 4) is 5.75 Å². The van der Waals surface area contributed by atoms with E-state index in [0.29, 0.717) is 5.02 Å². The minimum Gasteiger partial charge on any atom is -0.492 e. The van der Waals surface area contributed by atoms with Crippen molar-refractivity contribution in [2.45, 2.75) is 38.5 Å². The van der Waals surface area contributed by atoms with E-state index in [1.165, 1.54) is 30.5 Å². The van der Waals surface area contributed by atoms with Crippen LogP contribution in [0.2, 0.25) is 5.02 Å². The molecule has 0 fully saturated rings. The second-order valence-electron chi connectivity index (χ2n) is 6.57. The fourth-order valence-corrected chi connectivity index (χ4v) is 3.48. The SMILES string of the molecule is CN(C)CCCOc1c2c(nc3c(Cl)cccc13)CCCCC2.Cl.Cl. The first-order valence-electron chi connectivity index (χ1n) is 8.54. The summed E-state index contributed by atoms with van der Waals surface area (Å²) in [6.45, 7) is 1.77. The van der Waals surface area contributed by atoms with Crippen molar-refractivity contribution in [3.63, 3.8) is 0 Å². The molecule has 0 saturated heterocycles. The molecule has 0 N–H and O–H groups in total. The number of ether oxygens (including phenoxy) is 1. The summed E-state index contributed by atoms with van der Waals surface area (Å²) in [6, 6.07) is 5.98. The second kappa shape index (κ2) is 10.4. The molecular weight excluding hydrogens is 379 g/mol. The van der Waals surface area contributed by atoms with Crippen LogP contribution in [0.1, 0.15) is 36.9 Å². The van der Waals surface area contributed by atoms with Crippen LogP contribution < -0.4 is 4.74 Å². The van der Waals surface area contributed by atoms with Crippen molar-refractivity contribution < 1.29 is 4.74 Å². The van der Waals surface area contributed by atoms with Crippen LogP contribution in [0.15, 0.2) is 18.2 Å². The summed E-state index contributed by atoms with van der Waals surface area (Å²) in [5, 5.41) is 1.77. The van der Waals surface area contributed by atoms with Gasteiger partial charge >= 0.3 is 0 Å². The Kier molecular flexibility index (Phi) is 9.29. The monoisotopic (exact) mass is 404 g/mol. The van der Waals surface area contributed by atoms with Crippen LogP contribution in [0.3, 0.4) is 0 Å². The fourth-order valence-electron chi connectivity index (χ4n) is 3.26. The van der Waals surface area contributed by atoms with Crippen LogP contribution in [0.4, 0.5) is 0 Å². The van der Waals surface area contributed by atoms with Gasteiger partial charge in [-0.1, -0.05) is 24.1 Å². The van der Waals surface area contributed by atoms with Crippen LogP contribution in [0.5, 0.6) is 5.75 Å². The zero-order chi connectivity index (χ0) is 16.2. The van der Waals surface area contributed by atoms with E-state index in [1.54, 1.807) is 0 Å². The quantitative estimate of drug-likeness (QED) is 0.496. The highest BCUT2D eigenvalue weighted by atomic mass is 35.5. The molecule has 0 aliphatic heterocycles. The maximum absolute atomic E-state index is 6.39. The maximum Gasteiger partial charge on any atom is 0.133 e. The molecule has 1 aliphatic carbocycles. The normalized spacial score (nSPS) is 13.6. The third-order valence-corrected chi connectivity index (χ3v) is 4.74. The first-order chi connectivity index (χ1) is 11.2. The summed E-state index contributed by atoms with van der Waals surface area (Å²) in [5.74, 6) is 1.02. The van der Waals surface area contributed by atoms with Gasteiger partial charge in [0.2, 0.25) is 0 Å². The van der Waals surface area contributed by atoms with Gasteiger partial charge in [0.15, 0.2) is 0 Å². The average Bonchev–Trinajstić information content (AvgIpc) is 2.76. The first-order valence-corrected chi connectivity index (χ1v) is 8.92. The number of hydrogen-bond donors (Lipinski definition) is 0. The number of fused-ring (bicyclic) bond motifs is 2. The van der Waals surface area contributed by atoms with E-state index in [1.807, 2.05) is 12.1 Å². The van der Waals surface area contributed by atoms with Gasteiger partial charge in [-0.3, -0.25) is 4.98 Å². The van der Waals surface area contributed by atoms with Gasteiger partial charge in [-0.2, -0.15) is 0 Å². The van der Waals surface area contributed by atoms with Crippen molar-refractivity contribution in [3.05, 3.63) is 34.5 Å². The standard InChI is InChI=1S/C19H25ClN2O.2ClH/c1-22(2)12-7-13-23-19-14-8-4-3-5-11-17(14)21-18-15(19)9-6-10-16(18)20;;/h6,9-10H,3-5,7-8,11-13H2,1-2H3;2*1H. The van der Waals surface area contributed by atoms with Gasteiger partial charge in [0.1, 0.15) is 5.75 Å². The van der Waals surface area contributed by atoms with Crippen LogP contribution >= 0.6 is 36.4 Å². The van der Waals surface area contributed by atoms with Gasteiger partial charge in [-0.25, -0.2) is 0 Å². The summed E-state index contributed by atoms with van der Waals surface area (Å²) in [4.78, 5) is 7.06. The van der Waals surface area contributed by atoms with Gasteiger partial charge in [-0.15, -0.1) is 24.8 Å². The van der Waals surface area contributed by atoms with Crippen LogP contribution in [-0.4, -0.2) is 37.1 Å². The van der Waals surface area contributed by atoms with E-state index in [0.717, 1.165) is 49.1 Å². The number of rotatable bonds is 5. The molecule has 0 radical (unpaired) electrons. The maximum atomic E-state index is 6.39. The predicted molar refractivity (Wildman–Crippen MR) is 111 cm³/mol. The molecule has 1 heterocycles. The molecule has 2 aromatic rings. The molecule has 0 unspecified atom stereocenters. The summed E-state index contributed by atoms with van der Waals surface area (Å²) in [5.41, 5.74) is 3.38. The molecule has 0 atom stereocenters. The fraction of sp³-hybridized carbons (Fsp3) is 0.526. The van der Waals surface area contributed by atoms with E-state index in [2.05, 4.69) is 25.1 Å². The van der Waals surface area contributed by atoms with Gasteiger partial charge < -0.3 is 9.64 Å². The largest absolute Gasteiger partial charge is 0.492 e. The molecule has 1 aromatic heterocycles. The number of hydrogen-bond acceptors (Lipinski definition) is 3. The van der Waals surface area contributed by atoms with Crippen molar-refractivity contribution in [1.29, 1.82) is 0 Å². The Morgan fingerprint density at radius 1 is 1.12 bits per heavy atom. The van der Waals surface area contributed by atoms with Crippen molar-refractivity contribution in [2.75, 3.05) is 27.2 Å². The van der Waals surface area contributed by atoms with Crippen molar-refractivity contribution >= 4 is 47.3 Å². The summed E-state index contributed by atoms with van der Waals surface area (Å²) in [6.07, 6.45) is 6.80. The van der Waals surface area contributed by atoms with Crippen LogP contribution in [0.25, 0.3) is 10.9 Å². The Morgan fingerprint density at radius 2 is 1.88 bits per heavy atom. The molecule has 1 aromatic carbocycles. The molecule has 3 rings (SSSR count). The van der Waals surface area contributed by atoms with Gasteiger partial charge in [0, 0.05) is 23.2 Å². The number of pyridine rings is 1. The Labute approximate surface area is 167 Å². The predicted octanol–water partition coefficient (Wildman–Crippen LogP) is 5.33. The molecule has 0 amide bonds. The number of para-hydroxylation sites is 1. The Bertz CT molecular complexity index is 692. The van der Waals surface area contributed by atoms with E-state index < -0.39 is 0 Å². The average molecular weight is 406 g/mol. The lowest BCUT2D eigenvalue weighted by Gasteiger charge is -2.17. The molecule has 1 aliphatic rings. The van der Waals surface area contributed by atoms with Crippen LogP contribution in [-0.2, 0) is 12.8 Å². The number of aryl methyl sites for hydroxylation is 1. The highest BCUT2D eigenvalue weighted by Crippen LogP contribution is 2.37. The lowest BCUT2D eigenvalue weighted by atomic mass is 10.0. The molecule has 3 nitrogen and oxygen atoms in total. The van der Waals surface area contributed by atoms with Gasteiger partial charge in [0.25, 0.3) is 0 Å². The number of benzene rings is 1. The lowest BCUT2D eigenvalue weighted by Crippen LogP contribution is -2.16. The van der Waals surface area contributed by atoms with Crippen molar-refractivity contribution in [2.24, 2.45) is 0 Å². The zero-order valence-electron chi connectivity index (χ0n) is 14.9. The Balaban J connectivity index is 0.00000156. The lowest BCUT2D eigenvalue weighted by molar-refractivity contribution is 0.281. The third kappa shape index (κ3) is 5.37. The highest BCUT2D eigenvalue weighted by molar-refractivity contribution is 6.35. The van der Waals surface area contributed by atoms with Gasteiger partial charge in [-0.05, 0) is 58.3 Å². The minimum atomic E-state index is 0. The number of halogens is 3. The molecule has 0 bridgehead atoms. The zero-order valence-corrected chi connectivity index (χ0v) is 17.3. The third-order valence-electron chi connectivity index (χ3n) is 4.44. The van der Waals surface area contributed by atoms with E-state index >= 15 is 0 Å². The Hall–Kier alpha value is -0.740. The molecule has 140 valence electrons. The second-order valence-corrected chi connectivity index (χ2v) is 6.98. The van der Waals surface area contributed by atoms with E-state index in [9.17, 15) is 0 Å². The molecule has 25 heavy (non-hydrogen) atoms. The first kappa shape index (κ1) is 22.3. The summed E-state index contributed by atoms with van der Waals surface area (Å²) < 4.78 is 6.25. The topological polar surface area (TPSA) is 25.4 Å². The van der Waals surface area contributed by atoms with Crippen molar-refractivity contribution in [1.82, 2.24) is 9.88 Å². The molecule has 0 saturated carbocycles. The Morgan fingerprint density at radius 3 is 2.64 bits per heavy atom. The van der Waals surface area contributed by atoms with Crippen LogP contribution in [0, 0.1) is 0 Å². The molecular formula is C19H27Cl3N2O.